The number of carbonyl (C=O) groups is 1. The van der Waals surface area contributed by atoms with Crippen LogP contribution >= 0.6 is 23.1 Å². The van der Waals surface area contributed by atoms with E-state index in [1.165, 1.54) is 23.1 Å². The summed E-state index contributed by atoms with van der Waals surface area (Å²) in [5, 5.41) is 16.9. The SMILES string of the molecule is NC(CSc1nncs1)(C(=O)O)c1ccccc1. The minimum atomic E-state index is -1.42. The summed E-state index contributed by atoms with van der Waals surface area (Å²) in [4.78, 5) is 11.4. The van der Waals surface area contributed by atoms with Crippen molar-refractivity contribution in [3.63, 3.8) is 0 Å². The van der Waals surface area contributed by atoms with Crippen molar-refractivity contribution in [2.24, 2.45) is 5.73 Å². The Morgan fingerprint density at radius 3 is 2.72 bits per heavy atom. The number of aromatic nitrogens is 2. The third kappa shape index (κ3) is 2.69. The van der Waals surface area contributed by atoms with Crippen molar-refractivity contribution < 1.29 is 9.90 Å². The molecule has 5 nitrogen and oxygen atoms in total. The molecule has 0 bridgehead atoms. The lowest BCUT2D eigenvalue weighted by molar-refractivity contribution is -0.142. The van der Waals surface area contributed by atoms with E-state index >= 15 is 0 Å². The minimum absolute atomic E-state index is 0.210. The average Bonchev–Trinajstić information content (AvgIpc) is 2.90. The Hall–Kier alpha value is -1.44. The third-order valence-corrected chi connectivity index (χ3v) is 4.49. The van der Waals surface area contributed by atoms with Crippen LogP contribution in [0.25, 0.3) is 0 Å². The molecule has 18 heavy (non-hydrogen) atoms. The van der Waals surface area contributed by atoms with Gasteiger partial charge in [-0.15, -0.1) is 10.2 Å². The monoisotopic (exact) mass is 281 g/mol. The smallest absolute Gasteiger partial charge is 0.329 e. The molecule has 0 fully saturated rings. The summed E-state index contributed by atoms with van der Waals surface area (Å²) in [5.74, 6) is -0.840. The van der Waals surface area contributed by atoms with Gasteiger partial charge >= 0.3 is 5.97 Å². The summed E-state index contributed by atoms with van der Waals surface area (Å²) in [6.07, 6.45) is 0. The molecule has 0 aliphatic carbocycles. The second kappa shape index (κ2) is 5.47. The van der Waals surface area contributed by atoms with Crippen LogP contribution in [0.15, 0.2) is 40.2 Å². The fourth-order valence-electron chi connectivity index (χ4n) is 1.41. The van der Waals surface area contributed by atoms with Crippen LogP contribution in [-0.2, 0) is 10.3 Å². The molecule has 0 aliphatic rings. The van der Waals surface area contributed by atoms with E-state index in [9.17, 15) is 9.90 Å². The van der Waals surface area contributed by atoms with Gasteiger partial charge in [-0.25, -0.2) is 4.79 Å². The Bertz CT molecular complexity index is 518. The second-order valence-corrected chi connectivity index (χ2v) is 5.69. The maximum absolute atomic E-state index is 11.4. The molecule has 2 rings (SSSR count). The molecule has 2 aromatic rings. The summed E-state index contributed by atoms with van der Waals surface area (Å²) >= 11 is 2.66. The molecule has 7 heteroatoms. The van der Waals surface area contributed by atoms with Gasteiger partial charge in [0.05, 0.1) is 0 Å². The molecule has 1 aromatic heterocycles. The molecule has 1 atom stereocenters. The summed E-state index contributed by atoms with van der Waals surface area (Å²) in [6.45, 7) is 0. The topological polar surface area (TPSA) is 89.1 Å². The van der Waals surface area contributed by atoms with Gasteiger partial charge in [0.2, 0.25) is 0 Å². The maximum atomic E-state index is 11.4. The highest BCUT2D eigenvalue weighted by Gasteiger charge is 2.36. The lowest BCUT2D eigenvalue weighted by atomic mass is 9.93. The molecule has 0 saturated heterocycles. The predicted octanol–water partition coefficient (Wildman–Crippen LogP) is 1.57. The molecule has 0 spiro atoms. The van der Waals surface area contributed by atoms with E-state index in [0.717, 1.165) is 0 Å². The normalized spacial score (nSPS) is 14.1. The number of hydrogen-bond acceptors (Lipinski definition) is 6. The third-order valence-electron chi connectivity index (χ3n) is 2.43. The largest absolute Gasteiger partial charge is 0.480 e. The molecular weight excluding hydrogens is 270 g/mol. The first-order valence-corrected chi connectivity index (χ1v) is 6.96. The van der Waals surface area contributed by atoms with Gasteiger partial charge in [-0.3, -0.25) is 0 Å². The zero-order valence-electron chi connectivity index (χ0n) is 9.31. The number of rotatable bonds is 5. The van der Waals surface area contributed by atoms with Crippen LogP contribution in [-0.4, -0.2) is 27.0 Å². The highest BCUT2D eigenvalue weighted by molar-refractivity contribution is 8.01. The first-order chi connectivity index (χ1) is 8.63. The lowest BCUT2D eigenvalue weighted by Gasteiger charge is -2.24. The van der Waals surface area contributed by atoms with Gasteiger partial charge < -0.3 is 10.8 Å². The number of carboxylic acids is 1. The van der Waals surface area contributed by atoms with Crippen LogP contribution in [0.2, 0.25) is 0 Å². The van der Waals surface area contributed by atoms with Gasteiger partial charge in [-0.05, 0) is 5.56 Å². The maximum Gasteiger partial charge on any atom is 0.329 e. The number of benzene rings is 1. The second-order valence-electron chi connectivity index (χ2n) is 3.64. The van der Waals surface area contributed by atoms with Gasteiger partial charge in [-0.1, -0.05) is 53.4 Å². The molecule has 1 heterocycles. The minimum Gasteiger partial charge on any atom is -0.480 e. The molecule has 0 aliphatic heterocycles. The lowest BCUT2D eigenvalue weighted by Crippen LogP contribution is -2.47. The fourth-order valence-corrected chi connectivity index (χ4v) is 3.01. The predicted molar refractivity (Wildman–Crippen MR) is 70.6 cm³/mol. The van der Waals surface area contributed by atoms with Crippen molar-refractivity contribution in [1.29, 1.82) is 0 Å². The van der Waals surface area contributed by atoms with E-state index in [0.29, 0.717) is 9.90 Å². The van der Waals surface area contributed by atoms with Crippen LogP contribution in [0.1, 0.15) is 5.56 Å². The van der Waals surface area contributed by atoms with Crippen molar-refractivity contribution in [1.82, 2.24) is 10.2 Å². The first-order valence-electron chi connectivity index (χ1n) is 5.10. The molecule has 1 unspecified atom stereocenters. The van der Waals surface area contributed by atoms with Crippen molar-refractivity contribution in [3.05, 3.63) is 41.4 Å². The van der Waals surface area contributed by atoms with E-state index in [1.54, 1.807) is 29.8 Å². The van der Waals surface area contributed by atoms with Crippen molar-refractivity contribution in [3.8, 4) is 0 Å². The Balaban J connectivity index is 2.20. The van der Waals surface area contributed by atoms with E-state index in [1.807, 2.05) is 6.07 Å². The molecular formula is C11H11N3O2S2. The highest BCUT2D eigenvalue weighted by atomic mass is 32.2. The Morgan fingerprint density at radius 2 is 2.17 bits per heavy atom. The quantitative estimate of drug-likeness (QED) is 0.809. The molecule has 0 radical (unpaired) electrons. The number of aliphatic carboxylic acids is 1. The van der Waals surface area contributed by atoms with E-state index in [2.05, 4.69) is 10.2 Å². The highest BCUT2D eigenvalue weighted by Crippen LogP contribution is 2.28. The number of hydrogen-bond donors (Lipinski definition) is 2. The van der Waals surface area contributed by atoms with Gasteiger partial charge in [0.15, 0.2) is 4.34 Å². The van der Waals surface area contributed by atoms with Crippen molar-refractivity contribution in [2.75, 3.05) is 5.75 Å². The summed E-state index contributed by atoms with van der Waals surface area (Å²) in [6, 6.07) is 8.80. The van der Waals surface area contributed by atoms with Crippen LogP contribution in [0.4, 0.5) is 0 Å². The van der Waals surface area contributed by atoms with Crippen LogP contribution in [0, 0.1) is 0 Å². The van der Waals surface area contributed by atoms with Crippen LogP contribution in [0.3, 0.4) is 0 Å². The molecule has 0 amide bonds. The van der Waals surface area contributed by atoms with Crippen LogP contribution < -0.4 is 5.73 Å². The molecule has 1 aromatic carbocycles. The zero-order valence-corrected chi connectivity index (χ0v) is 10.9. The average molecular weight is 281 g/mol. The van der Waals surface area contributed by atoms with Gasteiger partial charge in [0.25, 0.3) is 0 Å². The molecule has 3 N–H and O–H groups in total. The number of thioether (sulfide) groups is 1. The van der Waals surface area contributed by atoms with Crippen LogP contribution in [0.5, 0.6) is 0 Å². The molecule has 94 valence electrons. The van der Waals surface area contributed by atoms with E-state index in [4.69, 9.17) is 5.73 Å². The van der Waals surface area contributed by atoms with E-state index in [-0.39, 0.29) is 5.75 Å². The first kappa shape index (κ1) is 13.0. The van der Waals surface area contributed by atoms with Crippen molar-refractivity contribution in [2.45, 2.75) is 9.88 Å². The number of nitrogens with zero attached hydrogens (tertiary/aromatic N) is 2. The standard InChI is InChI=1S/C11H11N3O2S2/c12-11(9(15)16,8-4-2-1-3-5-8)6-17-10-14-13-7-18-10/h1-5,7H,6,12H2,(H,15,16). The fraction of sp³-hybridized carbons (Fsp3) is 0.182. The number of carboxylic acid groups (broad SMARTS) is 1. The van der Waals surface area contributed by atoms with Gasteiger partial charge in [0, 0.05) is 5.75 Å². The Kier molecular flexibility index (Phi) is 3.95. The molecule has 0 saturated carbocycles. The summed E-state index contributed by atoms with van der Waals surface area (Å²) in [7, 11) is 0. The Morgan fingerprint density at radius 1 is 1.44 bits per heavy atom. The van der Waals surface area contributed by atoms with E-state index < -0.39 is 11.5 Å². The van der Waals surface area contributed by atoms with Crippen molar-refractivity contribution >= 4 is 29.1 Å². The summed E-state index contributed by atoms with van der Waals surface area (Å²) < 4.78 is 0.710. The zero-order chi connectivity index (χ0) is 13.0. The number of nitrogens with two attached hydrogens (primary N) is 1. The van der Waals surface area contributed by atoms with Gasteiger partial charge in [0.1, 0.15) is 11.0 Å². The Labute approximate surface area is 112 Å². The van der Waals surface area contributed by atoms with Gasteiger partial charge in [-0.2, -0.15) is 0 Å². The summed E-state index contributed by atoms with van der Waals surface area (Å²) in [5.41, 5.74) is 6.78.